The lowest BCUT2D eigenvalue weighted by molar-refractivity contribution is -0.130. The number of rotatable bonds is 5. The number of hydrogen-bond donors (Lipinski definition) is 1. The smallest absolute Gasteiger partial charge is 0.157 e. The molecule has 168 valence electrons. The molecule has 0 saturated heterocycles. The van der Waals surface area contributed by atoms with Crippen molar-refractivity contribution in [1.29, 1.82) is 5.26 Å². The maximum Gasteiger partial charge on any atom is 0.157 e. The number of nitriles is 1. The van der Waals surface area contributed by atoms with Gasteiger partial charge in [-0.3, -0.25) is 9.48 Å². The van der Waals surface area contributed by atoms with Crippen LogP contribution in [0.4, 0.5) is 0 Å². The quantitative estimate of drug-likeness (QED) is 0.779. The molecule has 8 atom stereocenters. The Morgan fingerprint density at radius 2 is 2.10 bits per heavy atom. The molecular formula is C25H35N3O3. The molecule has 0 aliphatic heterocycles. The first-order valence-corrected chi connectivity index (χ1v) is 12.0. The number of hydrogen-bond acceptors (Lipinski definition) is 5. The van der Waals surface area contributed by atoms with E-state index in [2.05, 4.69) is 18.1 Å². The standard InChI is InChI=1S/C25H35N3O3/c1-24-8-7-18-19(4-3-17-9-25(30,15-31-2)10-20(17)18)21(24)5-6-22(24)23(29)14-28-13-16(11-26)12-27-28/h12-13,17-22,30H,3-10,14-15H2,1-2H3/t17-,18+,19-,20+,21+,22-,24+,25+/m1/s1. The maximum absolute atomic E-state index is 13.3. The molecule has 1 N–H and O–H groups in total. The molecule has 4 aliphatic rings. The molecule has 1 aromatic rings. The van der Waals surface area contributed by atoms with Crippen molar-refractivity contribution in [1.82, 2.24) is 9.78 Å². The van der Waals surface area contributed by atoms with Crippen molar-refractivity contribution >= 4 is 5.78 Å². The summed E-state index contributed by atoms with van der Waals surface area (Å²) < 4.78 is 6.97. The second kappa shape index (κ2) is 7.71. The molecule has 6 nitrogen and oxygen atoms in total. The number of methoxy groups -OCH3 is 1. The highest BCUT2D eigenvalue weighted by Gasteiger charge is 2.60. The minimum absolute atomic E-state index is 0.0811. The SMILES string of the molecule is COC[C@]1(O)C[C@H]2CC[C@@H]3[C@H](CC[C@]4(C)[C@@H](C(=O)Cn5cc(C#N)cn5)CC[C@@H]34)[C@H]2C1. The predicted molar refractivity (Wildman–Crippen MR) is 115 cm³/mol. The van der Waals surface area contributed by atoms with Crippen LogP contribution in [0.5, 0.6) is 0 Å². The second-order valence-electron chi connectivity index (χ2n) is 11.2. The predicted octanol–water partition coefficient (Wildman–Crippen LogP) is 3.58. The van der Waals surface area contributed by atoms with Gasteiger partial charge in [-0.25, -0.2) is 0 Å². The summed E-state index contributed by atoms with van der Waals surface area (Å²) in [5.41, 5.74) is -0.0527. The third kappa shape index (κ3) is 3.45. The number of aromatic nitrogens is 2. The van der Waals surface area contributed by atoms with E-state index in [1.54, 1.807) is 18.0 Å². The largest absolute Gasteiger partial charge is 0.387 e. The Kier molecular flexibility index (Phi) is 5.26. The van der Waals surface area contributed by atoms with Gasteiger partial charge in [0.15, 0.2) is 5.78 Å². The Hall–Kier alpha value is -1.71. The van der Waals surface area contributed by atoms with Crippen LogP contribution in [0, 0.1) is 52.3 Å². The van der Waals surface area contributed by atoms with Crippen LogP contribution >= 0.6 is 0 Å². The van der Waals surface area contributed by atoms with Crippen LogP contribution in [-0.4, -0.2) is 40.0 Å². The van der Waals surface area contributed by atoms with Gasteiger partial charge in [0.05, 0.1) is 30.5 Å². The van der Waals surface area contributed by atoms with E-state index in [1.165, 1.54) is 25.5 Å². The van der Waals surface area contributed by atoms with Crippen molar-refractivity contribution in [2.45, 2.75) is 70.4 Å². The van der Waals surface area contributed by atoms with Gasteiger partial charge < -0.3 is 9.84 Å². The van der Waals surface area contributed by atoms with Gasteiger partial charge in [0.25, 0.3) is 0 Å². The van der Waals surface area contributed by atoms with E-state index in [9.17, 15) is 9.90 Å². The van der Waals surface area contributed by atoms with E-state index in [0.717, 1.165) is 32.1 Å². The second-order valence-corrected chi connectivity index (χ2v) is 11.2. The van der Waals surface area contributed by atoms with E-state index < -0.39 is 5.60 Å². The van der Waals surface area contributed by atoms with Crippen molar-refractivity contribution in [2.75, 3.05) is 13.7 Å². The molecule has 0 radical (unpaired) electrons. The van der Waals surface area contributed by atoms with Crippen molar-refractivity contribution < 1.29 is 14.6 Å². The Balaban J connectivity index is 1.30. The van der Waals surface area contributed by atoms with E-state index in [0.29, 0.717) is 41.8 Å². The average molecular weight is 426 g/mol. The van der Waals surface area contributed by atoms with Gasteiger partial charge in [-0.05, 0) is 86.4 Å². The third-order valence-electron chi connectivity index (χ3n) is 9.66. The van der Waals surface area contributed by atoms with Crippen molar-refractivity contribution in [3.63, 3.8) is 0 Å². The number of aliphatic hydroxyl groups is 1. The summed E-state index contributed by atoms with van der Waals surface area (Å²) in [6, 6.07) is 2.09. The van der Waals surface area contributed by atoms with Gasteiger partial charge in [-0.2, -0.15) is 10.4 Å². The highest BCUT2D eigenvalue weighted by molar-refractivity contribution is 5.82. The van der Waals surface area contributed by atoms with Gasteiger partial charge in [-0.1, -0.05) is 6.92 Å². The number of fused-ring (bicyclic) bond motifs is 5. The maximum atomic E-state index is 13.3. The number of carbonyl (C=O) groups excluding carboxylic acids is 1. The molecule has 0 spiro atoms. The molecular weight excluding hydrogens is 390 g/mol. The summed E-state index contributed by atoms with van der Waals surface area (Å²) in [5, 5.41) is 24.2. The van der Waals surface area contributed by atoms with Gasteiger partial charge in [-0.15, -0.1) is 0 Å². The topological polar surface area (TPSA) is 88.1 Å². The number of Topliss-reactive ketones (excluding diaryl/α,β-unsaturated/α-hetero) is 1. The lowest BCUT2D eigenvalue weighted by atomic mass is 9.51. The summed E-state index contributed by atoms with van der Waals surface area (Å²) >= 11 is 0. The Morgan fingerprint density at radius 3 is 2.84 bits per heavy atom. The minimum atomic E-state index is -0.639. The lowest BCUT2D eigenvalue weighted by Crippen LogP contribution is -2.47. The van der Waals surface area contributed by atoms with Crippen LogP contribution in [0.3, 0.4) is 0 Å². The number of ether oxygens (including phenoxy) is 1. The monoisotopic (exact) mass is 425 g/mol. The fourth-order valence-corrected chi connectivity index (χ4v) is 8.51. The Morgan fingerprint density at radius 1 is 1.26 bits per heavy atom. The van der Waals surface area contributed by atoms with Crippen LogP contribution < -0.4 is 0 Å². The van der Waals surface area contributed by atoms with Gasteiger partial charge in [0.1, 0.15) is 6.07 Å². The van der Waals surface area contributed by atoms with Gasteiger partial charge >= 0.3 is 0 Å². The Bertz CT molecular complexity index is 891. The van der Waals surface area contributed by atoms with E-state index in [-0.39, 0.29) is 23.7 Å². The zero-order valence-corrected chi connectivity index (χ0v) is 18.8. The fourth-order valence-electron chi connectivity index (χ4n) is 8.51. The van der Waals surface area contributed by atoms with E-state index in [1.807, 2.05) is 0 Å². The number of carbonyl (C=O) groups is 1. The highest BCUT2D eigenvalue weighted by atomic mass is 16.5. The molecule has 5 rings (SSSR count). The molecule has 31 heavy (non-hydrogen) atoms. The number of ketones is 1. The van der Waals surface area contributed by atoms with Crippen LogP contribution in [0.25, 0.3) is 0 Å². The highest BCUT2D eigenvalue weighted by Crippen LogP contribution is 2.65. The van der Waals surface area contributed by atoms with Gasteiger partial charge in [0, 0.05) is 19.2 Å². The summed E-state index contributed by atoms with van der Waals surface area (Å²) in [5.74, 6) is 3.63. The summed E-state index contributed by atoms with van der Waals surface area (Å²) in [6.45, 7) is 3.10. The normalized spacial score (nSPS) is 43.7. The molecule has 4 aliphatic carbocycles. The number of nitrogens with zero attached hydrogens (tertiary/aromatic N) is 3. The molecule has 4 fully saturated rings. The molecule has 0 aromatic carbocycles. The average Bonchev–Trinajstić information content (AvgIpc) is 3.42. The molecule has 1 aromatic heterocycles. The molecule has 1 heterocycles. The van der Waals surface area contributed by atoms with Crippen molar-refractivity contribution in [2.24, 2.45) is 40.9 Å². The van der Waals surface area contributed by atoms with E-state index in [4.69, 9.17) is 10.00 Å². The van der Waals surface area contributed by atoms with Gasteiger partial charge in [0.2, 0.25) is 0 Å². The van der Waals surface area contributed by atoms with E-state index >= 15 is 0 Å². The Labute approximate surface area is 185 Å². The summed E-state index contributed by atoms with van der Waals surface area (Å²) in [6.07, 6.45) is 11.9. The van der Waals surface area contributed by atoms with Crippen molar-refractivity contribution in [3.05, 3.63) is 18.0 Å². The zero-order valence-electron chi connectivity index (χ0n) is 18.8. The molecule has 4 saturated carbocycles. The molecule has 0 amide bonds. The first-order chi connectivity index (χ1) is 14.9. The molecule has 0 unspecified atom stereocenters. The molecule has 0 bridgehead atoms. The zero-order chi connectivity index (χ0) is 21.8. The fraction of sp³-hybridized carbons (Fsp3) is 0.800. The van der Waals surface area contributed by atoms with Crippen molar-refractivity contribution in [3.8, 4) is 6.07 Å². The van der Waals surface area contributed by atoms with Crippen LogP contribution in [-0.2, 0) is 16.1 Å². The van der Waals surface area contributed by atoms with Crippen LogP contribution in [0.2, 0.25) is 0 Å². The summed E-state index contributed by atoms with van der Waals surface area (Å²) in [7, 11) is 1.69. The summed E-state index contributed by atoms with van der Waals surface area (Å²) in [4.78, 5) is 13.3. The van der Waals surface area contributed by atoms with Crippen LogP contribution in [0.1, 0.15) is 63.9 Å². The molecule has 6 heteroatoms. The first kappa shape index (κ1) is 21.2. The lowest BCUT2D eigenvalue weighted by Gasteiger charge is -2.53. The third-order valence-corrected chi connectivity index (χ3v) is 9.66. The first-order valence-electron chi connectivity index (χ1n) is 12.0. The minimum Gasteiger partial charge on any atom is -0.387 e. The van der Waals surface area contributed by atoms with Crippen LogP contribution in [0.15, 0.2) is 12.4 Å².